The van der Waals surface area contributed by atoms with E-state index in [1.54, 1.807) is 18.4 Å². The molecule has 0 unspecified atom stereocenters. The summed E-state index contributed by atoms with van der Waals surface area (Å²) in [6.07, 6.45) is 2.31. The predicted molar refractivity (Wildman–Crippen MR) is 90.4 cm³/mol. The summed E-state index contributed by atoms with van der Waals surface area (Å²) in [5.41, 5.74) is 2.26. The summed E-state index contributed by atoms with van der Waals surface area (Å²) < 4.78 is 0. The van der Waals surface area contributed by atoms with Crippen molar-refractivity contribution in [1.29, 1.82) is 0 Å². The minimum atomic E-state index is -0.00516. The average Bonchev–Trinajstić information content (AvgIpc) is 3.12. The smallest absolute Gasteiger partial charge is 0.222 e. The number of hydrogen-bond donors (Lipinski definition) is 1. The highest BCUT2D eigenvalue weighted by atomic mass is 32.1. The molecule has 22 heavy (non-hydrogen) atoms. The van der Waals surface area contributed by atoms with Gasteiger partial charge in [0.2, 0.25) is 5.91 Å². The molecule has 0 aliphatic carbocycles. The number of pyridine rings is 1. The van der Waals surface area contributed by atoms with Gasteiger partial charge in [-0.3, -0.25) is 9.78 Å². The van der Waals surface area contributed by atoms with Gasteiger partial charge in [-0.25, -0.2) is 0 Å². The van der Waals surface area contributed by atoms with Crippen LogP contribution in [0.15, 0.2) is 35.8 Å². The highest BCUT2D eigenvalue weighted by Crippen LogP contribution is 2.44. The topological polar surface area (TPSA) is 45.2 Å². The van der Waals surface area contributed by atoms with Gasteiger partial charge in [-0.2, -0.15) is 0 Å². The molecule has 116 valence electrons. The van der Waals surface area contributed by atoms with Gasteiger partial charge in [0.05, 0.1) is 23.8 Å². The van der Waals surface area contributed by atoms with Crippen LogP contribution in [0.5, 0.6) is 0 Å². The number of nitrogens with one attached hydrogen (secondary N) is 1. The molecule has 0 saturated carbocycles. The number of fused-ring (bicyclic) bond motifs is 1. The third-order valence-electron chi connectivity index (χ3n) is 4.21. The molecule has 4 nitrogen and oxygen atoms in total. The molecular formula is C17H21N3OS. The second-order valence-electron chi connectivity index (χ2n) is 6.29. The number of rotatable bonds is 4. The van der Waals surface area contributed by atoms with E-state index < -0.39 is 0 Å². The van der Waals surface area contributed by atoms with Crippen LogP contribution in [0.3, 0.4) is 0 Å². The van der Waals surface area contributed by atoms with Crippen LogP contribution in [0.4, 0.5) is 5.69 Å². The fourth-order valence-corrected chi connectivity index (χ4v) is 3.98. The Balaban J connectivity index is 2.01. The number of thiophene rings is 1. The van der Waals surface area contributed by atoms with E-state index >= 15 is 0 Å². The highest BCUT2D eigenvalue weighted by Gasteiger charge is 2.40. The van der Waals surface area contributed by atoms with Crippen LogP contribution in [-0.4, -0.2) is 24.5 Å². The standard InChI is InChI=1S/C17H21N3OS/c1-17(2)11-20(12-6-4-8-19-16(12)17)13(10-15(21)18-3)14-7-5-9-22-14/h4-9,13H,10-11H2,1-3H3,(H,18,21)/t13-/m0/s1. The Bertz CT molecular complexity index is 666. The van der Waals surface area contributed by atoms with Gasteiger partial charge in [0, 0.05) is 30.1 Å². The summed E-state index contributed by atoms with van der Waals surface area (Å²) in [4.78, 5) is 20.1. The van der Waals surface area contributed by atoms with Crippen molar-refractivity contribution in [2.75, 3.05) is 18.5 Å². The minimum Gasteiger partial charge on any atom is -0.361 e. The largest absolute Gasteiger partial charge is 0.361 e. The fourth-order valence-electron chi connectivity index (χ4n) is 3.14. The third kappa shape index (κ3) is 2.61. The Hall–Kier alpha value is -1.88. The normalized spacial score (nSPS) is 17.1. The van der Waals surface area contributed by atoms with E-state index in [4.69, 9.17) is 0 Å². The van der Waals surface area contributed by atoms with Gasteiger partial charge in [-0.15, -0.1) is 11.3 Å². The second kappa shape index (κ2) is 5.72. The van der Waals surface area contributed by atoms with E-state index in [0.29, 0.717) is 6.42 Å². The van der Waals surface area contributed by atoms with E-state index in [1.807, 2.05) is 18.3 Å². The Labute approximate surface area is 135 Å². The highest BCUT2D eigenvalue weighted by molar-refractivity contribution is 7.10. The van der Waals surface area contributed by atoms with Gasteiger partial charge >= 0.3 is 0 Å². The molecule has 3 rings (SSSR count). The van der Waals surface area contributed by atoms with Crippen molar-refractivity contribution in [3.63, 3.8) is 0 Å². The van der Waals surface area contributed by atoms with Gasteiger partial charge in [0.1, 0.15) is 0 Å². The van der Waals surface area contributed by atoms with Gasteiger partial charge in [0.15, 0.2) is 0 Å². The maximum absolute atomic E-state index is 12.0. The lowest BCUT2D eigenvalue weighted by molar-refractivity contribution is -0.121. The summed E-state index contributed by atoms with van der Waals surface area (Å²) in [6, 6.07) is 8.30. The molecule has 3 heterocycles. The van der Waals surface area contributed by atoms with Crippen molar-refractivity contribution in [3.05, 3.63) is 46.4 Å². The molecular weight excluding hydrogens is 294 g/mol. The SMILES string of the molecule is CNC(=O)C[C@@H](c1cccs1)N1CC(C)(C)c2ncccc21. The molecule has 0 spiro atoms. The Morgan fingerprint density at radius 2 is 2.27 bits per heavy atom. The monoisotopic (exact) mass is 315 g/mol. The first-order valence-corrected chi connectivity index (χ1v) is 8.37. The molecule has 0 radical (unpaired) electrons. The molecule has 5 heteroatoms. The van der Waals surface area contributed by atoms with Crippen LogP contribution in [0, 0.1) is 0 Å². The molecule has 1 amide bonds. The van der Waals surface area contributed by atoms with E-state index in [0.717, 1.165) is 17.9 Å². The molecule has 1 N–H and O–H groups in total. The number of nitrogens with zero attached hydrogens (tertiary/aromatic N) is 2. The molecule has 0 bridgehead atoms. The molecule has 2 aromatic rings. The number of amides is 1. The number of aromatic nitrogens is 1. The van der Waals surface area contributed by atoms with Crippen molar-refractivity contribution in [3.8, 4) is 0 Å². The van der Waals surface area contributed by atoms with E-state index in [9.17, 15) is 4.79 Å². The number of carbonyl (C=O) groups is 1. The first-order chi connectivity index (χ1) is 10.5. The average molecular weight is 315 g/mol. The van der Waals surface area contributed by atoms with Gasteiger partial charge in [0.25, 0.3) is 0 Å². The Morgan fingerprint density at radius 1 is 1.45 bits per heavy atom. The quantitative estimate of drug-likeness (QED) is 0.943. The minimum absolute atomic E-state index is 0.00516. The van der Waals surface area contributed by atoms with Crippen LogP contribution in [0.2, 0.25) is 0 Å². The van der Waals surface area contributed by atoms with Gasteiger partial charge in [-0.05, 0) is 23.6 Å². The van der Waals surface area contributed by atoms with Crippen molar-refractivity contribution in [1.82, 2.24) is 10.3 Å². The Morgan fingerprint density at radius 3 is 2.95 bits per heavy atom. The number of anilines is 1. The molecule has 2 aromatic heterocycles. The lowest BCUT2D eigenvalue weighted by atomic mass is 9.91. The first-order valence-electron chi connectivity index (χ1n) is 7.49. The lowest BCUT2D eigenvalue weighted by Gasteiger charge is -2.30. The van der Waals surface area contributed by atoms with Gasteiger partial charge < -0.3 is 10.2 Å². The predicted octanol–water partition coefficient (Wildman–Crippen LogP) is 3.12. The zero-order valence-corrected chi connectivity index (χ0v) is 14.0. The summed E-state index contributed by atoms with van der Waals surface area (Å²) in [6.45, 7) is 5.30. The van der Waals surface area contributed by atoms with Crippen molar-refractivity contribution < 1.29 is 4.79 Å². The Kier molecular flexibility index (Phi) is 3.91. The van der Waals surface area contributed by atoms with E-state index in [2.05, 4.69) is 46.6 Å². The summed E-state index contributed by atoms with van der Waals surface area (Å²) in [5, 5.41) is 4.82. The van der Waals surface area contributed by atoms with E-state index in [1.165, 1.54) is 4.88 Å². The fraction of sp³-hybridized carbons (Fsp3) is 0.412. The summed E-state index contributed by atoms with van der Waals surface area (Å²) >= 11 is 1.70. The molecule has 1 aliphatic heterocycles. The number of carbonyl (C=O) groups excluding carboxylic acids is 1. The zero-order valence-electron chi connectivity index (χ0n) is 13.2. The molecule has 1 atom stereocenters. The van der Waals surface area contributed by atoms with Crippen LogP contribution >= 0.6 is 11.3 Å². The van der Waals surface area contributed by atoms with Gasteiger partial charge in [-0.1, -0.05) is 19.9 Å². The second-order valence-corrected chi connectivity index (χ2v) is 7.27. The maximum Gasteiger partial charge on any atom is 0.222 e. The van der Waals surface area contributed by atoms with Crippen molar-refractivity contribution in [2.45, 2.75) is 31.7 Å². The zero-order chi connectivity index (χ0) is 15.7. The van der Waals surface area contributed by atoms with E-state index in [-0.39, 0.29) is 17.4 Å². The summed E-state index contributed by atoms with van der Waals surface area (Å²) in [7, 11) is 1.69. The van der Waals surface area contributed by atoms with Crippen LogP contribution in [0.1, 0.15) is 36.9 Å². The molecule has 1 aliphatic rings. The lowest BCUT2D eigenvalue weighted by Crippen LogP contribution is -2.34. The third-order valence-corrected chi connectivity index (χ3v) is 5.18. The number of hydrogen-bond acceptors (Lipinski definition) is 4. The van der Waals surface area contributed by atoms with Crippen molar-refractivity contribution >= 4 is 22.9 Å². The van der Waals surface area contributed by atoms with Crippen LogP contribution < -0.4 is 10.2 Å². The van der Waals surface area contributed by atoms with Crippen LogP contribution in [-0.2, 0) is 10.2 Å². The molecule has 0 saturated heterocycles. The summed E-state index contributed by atoms with van der Waals surface area (Å²) in [5.74, 6) is 0.0635. The van der Waals surface area contributed by atoms with Crippen molar-refractivity contribution in [2.24, 2.45) is 0 Å². The van der Waals surface area contributed by atoms with Crippen LogP contribution in [0.25, 0.3) is 0 Å². The molecule has 0 aromatic carbocycles. The first kappa shape index (κ1) is 15.0. The maximum atomic E-state index is 12.0. The molecule has 0 fully saturated rings.